The van der Waals surface area contributed by atoms with Crippen molar-refractivity contribution in [2.45, 2.75) is 109 Å². The zero-order chi connectivity index (χ0) is 42.3. The second-order valence-corrected chi connectivity index (χ2v) is 20.1. The van der Waals surface area contributed by atoms with E-state index in [9.17, 15) is 0 Å². The van der Waals surface area contributed by atoms with Crippen LogP contribution in [0.1, 0.15) is 122 Å². The maximum atomic E-state index is 7.03. The number of nitrogens with zero attached hydrogens (tertiary/aromatic N) is 2. The molecule has 60 heavy (non-hydrogen) atoms. The van der Waals surface area contributed by atoms with E-state index in [2.05, 4.69) is 214 Å². The molecule has 1 spiro atoms. The molecule has 1 heterocycles. The first kappa shape index (κ1) is 44.2. The Morgan fingerprint density at radius 2 is 1.20 bits per heavy atom. The Labute approximate surface area is 377 Å². The number of fused-ring (bicyclic) bond motifs is 2. The van der Waals surface area contributed by atoms with Crippen molar-refractivity contribution in [3.8, 4) is 0 Å². The number of hydrogen-bond donors (Lipinski definition) is 0. The average Bonchev–Trinajstić information content (AvgIpc) is 3.70. The van der Waals surface area contributed by atoms with Gasteiger partial charge >= 0.3 is 162 Å². The molecular weight excluding hydrogens is 861 g/mol. The van der Waals surface area contributed by atoms with Gasteiger partial charge in [-0.15, -0.1) is 11.6 Å². The molecule has 2 aliphatic rings. The van der Waals surface area contributed by atoms with Crippen LogP contribution in [0.2, 0.25) is 0 Å². The van der Waals surface area contributed by atoms with Crippen LogP contribution in [0.15, 0.2) is 158 Å². The van der Waals surface area contributed by atoms with Gasteiger partial charge in [0.2, 0.25) is 0 Å². The fourth-order valence-corrected chi connectivity index (χ4v) is 11.9. The third-order valence-corrected chi connectivity index (χ3v) is 14.3. The van der Waals surface area contributed by atoms with Gasteiger partial charge in [0.15, 0.2) is 0 Å². The Kier molecular flexibility index (Phi) is 14.7. The van der Waals surface area contributed by atoms with Crippen molar-refractivity contribution in [2.75, 3.05) is 10.8 Å². The van der Waals surface area contributed by atoms with Gasteiger partial charge in [0.05, 0.1) is 6.04 Å². The summed E-state index contributed by atoms with van der Waals surface area (Å²) in [6, 6.07) is 57.4. The molecule has 0 aromatic heterocycles. The Balaban J connectivity index is 0.000000192. The van der Waals surface area contributed by atoms with E-state index in [4.69, 9.17) is 21.3 Å². The molecule has 3 unspecified atom stereocenters. The third kappa shape index (κ3) is 9.61. The predicted molar refractivity (Wildman–Crippen MR) is 255 cm³/mol. The molecule has 1 saturated heterocycles. The molecule has 313 valence electrons. The number of rotatable bonds is 12. The Morgan fingerprint density at radius 1 is 0.667 bits per heavy atom. The van der Waals surface area contributed by atoms with Crippen LogP contribution < -0.4 is 4.90 Å². The molecule has 8 rings (SSSR count). The van der Waals surface area contributed by atoms with Gasteiger partial charge in [-0.3, -0.25) is 0 Å². The SMILES string of the molecule is CC(C)c1cccc(C(C)C)c1N1C(CCl)C2(CC(c3ccccc3)c3ccccc32)CC1(C)C.[Cl][Ru]=[CH]c1ccccc1CN(Cc1ccccc1)Cc1ccccc1. The Hall–Kier alpha value is -3.85. The van der Waals surface area contributed by atoms with Gasteiger partial charge in [-0.25, -0.2) is 0 Å². The van der Waals surface area contributed by atoms with Crippen molar-refractivity contribution >= 4 is 31.6 Å². The molecular formula is C55H61Cl2N2Ru. The van der Waals surface area contributed by atoms with Crippen molar-refractivity contribution in [2.24, 2.45) is 0 Å². The third-order valence-electron chi connectivity index (χ3n) is 12.8. The second kappa shape index (κ2) is 19.9. The average molecular weight is 922 g/mol. The van der Waals surface area contributed by atoms with Gasteiger partial charge < -0.3 is 4.90 Å². The number of halogens is 2. The molecule has 1 aliphatic heterocycles. The molecule has 0 radical (unpaired) electrons. The summed E-state index contributed by atoms with van der Waals surface area (Å²) in [5, 5.41) is 0. The fraction of sp³-hybridized carbons (Fsp3) is 0.327. The Morgan fingerprint density at radius 3 is 1.77 bits per heavy atom. The van der Waals surface area contributed by atoms with E-state index >= 15 is 0 Å². The zero-order valence-electron chi connectivity index (χ0n) is 36.1. The summed E-state index contributed by atoms with van der Waals surface area (Å²) in [7, 11) is 6.02. The van der Waals surface area contributed by atoms with E-state index in [1.165, 1.54) is 55.8 Å². The van der Waals surface area contributed by atoms with Crippen LogP contribution in [-0.4, -0.2) is 27.0 Å². The molecule has 0 bridgehead atoms. The standard InChI is InChI=1S/C33H40ClN.C22H21N.ClH.Ru/c1-22(2)25-16-12-17-26(23(3)4)31(25)35-30(20-34)33(21-32(35,5)6)19-28(24-13-8-7-9-14-24)27-15-10-11-18-29(27)33;1-19-10-8-9-15-22(19)18-23(16-20-11-4-2-5-12-20)17-21-13-6-3-7-14-21;;/h7-18,22-23,28,30H,19-21H2,1-6H3;1-15H,16-18H2;1H;/q;;;+1/p-1. The first-order valence-corrected chi connectivity index (χ1v) is 25.4. The van der Waals surface area contributed by atoms with Gasteiger partial charge in [-0.1, -0.05) is 100 Å². The summed E-state index contributed by atoms with van der Waals surface area (Å²) in [6.45, 7) is 17.0. The van der Waals surface area contributed by atoms with Gasteiger partial charge in [0.1, 0.15) is 0 Å². The van der Waals surface area contributed by atoms with Crippen molar-refractivity contribution in [1.29, 1.82) is 0 Å². The summed E-state index contributed by atoms with van der Waals surface area (Å²) in [5.41, 5.74) is 14.1. The second-order valence-electron chi connectivity index (χ2n) is 18.0. The van der Waals surface area contributed by atoms with Crippen molar-refractivity contribution in [3.63, 3.8) is 0 Å². The molecule has 6 aromatic carbocycles. The fourth-order valence-electron chi connectivity index (χ4n) is 10.3. The number of benzene rings is 6. The Bertz CT molecular complexity index is 2260. The van der Waals surface area contributed by atoms with Gasteiger partial charge in [-0.2, -0.15) is 0 Å². The minimum absolute atomic E-state index is 0.00706. The van der Waals surface area contributed by atoms with E-state index in [1.807, 2.05) is 0 Å². The molecule has 3 atom stereocenters. The first-order chi connectivity index (χ1) is 29.1. The molecule has 0 saturated carbocycles. The summed E-state index contributed by atoms with van der Waals surface area (Å²) in [5.74, 6) is 1.96. The van der Waals surface area contributed by atoms with E-state index in [-0.39, 0.29) is 32.7 Å². The monoisotopic (exact) mass is 921 g/mol. The molecule has 5 heteroatoms. The summed E-state index contributed by atoms with van der Waals surface area (Å²) >= 11 is 6.82. The number of alkyl halides is 1. The van der Waals surface area contributed by atoms with E-state index in [0.29, 0.717) is 23.6 Å². The van der Waals surface area contributed by atoms with E-state index in [1.54, 1.807) is 0 Å². The molecule has 2 nitrogen and oxygen atoms in total. The summed E-state index contributed by atoms with van der Waals surface area (Å²) in [4.78, 5) is 5.25. The topological polar surface area (TPSA) is 6.48 Å². The number of anilines is 1. The van der Waals surface area contributed by atoms with Crippen molar-refractivity contribution in [3.05, 3.63) is 208 Å². The zero-order valence-corrected chi connectivity index (χ0v) is 39.4. The van der Waals surface area contributed by atoms with E-state index in [0.717, 1.165) is 32.5 Å². The molecule has 1 aliphatic carbocycles. The van der Waals surface area contributed by atoms with Crippen molar-refractivity contribution < 1.29 is 15.7 Å². The molecule has 6 aromatic rings. The quantitative estimate of drug-likeness (QED) is 0.0891. The van der Waals surface area contributed by atoms with Crippen LogP contribution in [0, 0.1) is 0 Å². The molecule has 1 fully saturated rings. The summed E-state index contributed by atoms with van der Waals surface area (Å²) in [6.07, 6.45) is 2.23. The van der Waals surface area contributed by atoms with Gasteiger partial charge in [0, 0.05) is 28.4 Å². The van der Waals surface area contributed by atoms with Crippen LogP contribution >= 0.6 is 21.3 Å². The van der Waals surface area contributed by atoms with Crippen LogP contribution in [0.4, 0.5) is 5.69 Å². The maximum absolute atomic E-state index is 7.03. The first-order valence-electron chi connectivity index (χ1n) is 21.6. The molecule has 0 N–H and O–H groups in total. The van der Waals surface area contributed by atoms with Crippen LogP contribution in [-0.2, 0) is 40.7 Å². The van der Waals surface area contributed by atoms with Gasteiger partial charge in [0.25, 0.3) is 0 Å². The summed E-state index contributed by atoms with van der Waals surface area (Å²) < 4.78 is 2.17. The van der Waals surface area contributed by atoms with Crippen LogP contribution in [0.25, 0.3) is 0 Å². The number of hydrogen-bond acceptors (Lipinski definition) is 2. The van der Waals surface area contributed by atoms with Gasteiger partial charge in [-0.05, 0) is 66.3 Å². The minimum atomic E-state index is -0.216. The molecule has 0 amide bonds. The number of para-hydroxylation sites is 1. The normalized spacial score (nSPS) is 19.5. The predicted octanol–water partition coefficient (Wildman–Crippen LogP) is 14.3. The van der Waals surface area contributed by atoms with Crippen molar-refractivity contribution in [1.82, 2.24) is 4.90 Å². The van der Waals surface area contributed by atoms with E-state index < -0.39 is 0 Å². The van der Waals surface area contributed by atoms with Crippen LogP contribution in [0.5, 0.6) is 0 Å². The van der Waals surface area contributed by atoms with Crippen LogP contribution in [0.3, 0.4) is 0 Å².